The molecule has 0 N–H and O–H groups in total. The van der Waals surface area contributed by atoms with Crippen LogP contribution in [0, 0.1) is 0 Å². The fourth-order valence-electron chi connectivity index (χ4n) is 2.99. The van der Waals surface area contributed by atoms with Gasteiger partial charge in [-0.15, -0.1) is 0 Å². The number of nitrogens with zero attached hydrogens (tertiary/aromatic N) is 2. The van der Waals surface area contributed by atoms with Crippen molar-refractivity contribution in [2.24, 2.45) is 0 Å². The van der Waals surface area contributed by atoms with Gasteiger partial charge in [0.1, 0.15) is 11.5 Å². The Bertz CT molecular complexity index is 900. The summed E-state index contributed by atoms with van der Waals surface area (Å²) in [7, 11) is 2.47. The Kier molecular flexibility index (Phi) is 5.29. The van der Waals surface area contributed by atoms with E-state index in [1.165, 1.54) is 4.68 Å². The van der Waals surface area contributed by atoms with Crippen molar-refractivity contribution in [2.45, 2.75) is 52.2 Å². The van der Waals surface area contributed by atoms with E-state index >= 15 is 0 Å². The first-order valence-corrected chi connectivity index (χ1v) is 9.34. The molecule has 0 spiro atoms. The second kappa shape index (κ2) is 7.26. The summed E-state index contributed by atoms with van der Waals surface area (Å²) in [5.74, 6) is 1.14. The molecular weight excluding hydrogens is 359 g/mol. The van der Waals surface area contributed by atoms with Gasteiger partial charge in [-0.05, 0) is 40.2 Å². The van der Waals surface area contributed by atoms with E-state index in [9.17, 15) is 4.79 Å². The third kappa shape index (κ3) is 3.54. The minimum absolute atomic E-state index is 0.196. The molecule has 2 heterocycles. The standard InChI is InChI=1S/C20H27BN2O5/c1-8-13-9-17(21-27-19(2,3)20(4,5)28-21)22-23(18(13)24)14-10-15(25-6)12-16(11-14)26-7/h9-12H,8H2,1-7H3. The van der Waals surface area contributed by atoms with Crippen LogP contribution in [-0.2, 0) is 15.7 Å². The van der Waals surface area contributed by atoms with Gasteiger partial charge >= 0.3 is 7.12 Å². The molecule has 2 aromatic rings. The van der Waals surface area contributed by atoms with Gasteiger partial charge in [0.2, 0.25) is 0 Å². The lowest BCUT2D eigenvalue weighted by Gasteiger charge is -2.32. The summed E-state index contributed by atoms with van der Waals surface area (Å²) in [5, 5.41) is 4.56. The van der Waals surface area contributed by atoms with Crippen LogP contribution in [-0.4, -0.2) is 42.3 Å². The Balaban J connectivity index is 2.14. The molecule has 150 valence electrons. The highest BCUT2D eigenvalue weighted by molar-refractivity contribution is 6.61. The number of hydrogen-bond acceptors (Lipinski definition) is 6. The van der Waals surface area contributed by atoms with E-state index in [1.807, 2.05) is 34.6 Å². The number of aromatic nitrogens is 2. The molecule has 0 saturated carbocycles. The predicted molar refractivity (Wildman–Crippen MR) is 108 cm³/mol. The van der Waals surface area contributed by atoms with Crippen LogP contribution in [0.4, 0.5) is 0 Å². The number of aryl methyl sites for hydroxylation is 1. The molecular formula is C20H27BN2O5. The molecule has 1 fully saturated rings. The van der Waals surface area contributed by atoms with Crippen LogP contribution >= 0.6 is 0 Å². The van der Waals surface area contributed by atoms with E-state index in [0.717, 1.165) is 0 Å². The molecule has 1 aromatic carbocycles. The highest BCUT2D eigenvalue weighted by Gasteiger charge is 2.52. The van der Waals surface area contributed by atoms with E-state index in [2.05, 4.69) is 5.10 Å². The van der Waals surface area contributed by atoms with Crippen molar-refractivity contribution < 1.29 is 18.8 Å². The van der Waals surface area contributed by atoms with Gasteiger partial charge in [-0.3, -0.25) is 4.79 Å². The number of hydrogen-bond donors (Lipinski definition) is 0. The SMILES string of the molecule is CCc1cc(B2OC(C)(C)C(C)(C)O2)nn(-c2cc(OC)cc(OC)c2)c1=O. The number of methoxy groups -OCH3 is 2. The van der Waals surface area contributed by atoms with Crippen LogP contribution in [0.15, 0.2) is 29.1 Å². The molecule has 7 nitrogen and oxygen atoms in total. The summed E-state index contributed by atoms with van der Waals surface area (Å²) in [5.41, 5.74) is 0.545. The van der Waals surface area contributed by atoms with Crippen molar-refractivity contribution >= 4 is 12.7 Å². The summed E-state index contributed by atoms with van der Waals surface area (Å²) in [6.45, 7) is 9.86. The Morgan fingerprint density at radius 2 is 1.54 bits per heavy atom. The normalized spacial score (nSPS) is 17.6. The van der Waals surface area contributed by atoms with E-state index in [4.69, 9.17) is 18.8 Å². The Labute approximate surface area is 165 Å². The summed E-state index contributed by atoms with van der Waals surface area (Å²) >= 11 is 0. The maximum atomic E-state index is 13.0. The molecule has 3 rings (SSSR count). The van der Waals surface area contributed by atoms with Crippen molar-refractivity contribution in [3.63, 3.8) is 0 Å². The first-order chi connectivity index (χ1) is 13.1. The third-order valence-electron chi connectivity index (χ3n) is 5.46. The largest absolute Gasteiger partial charge is 0.516 e. The highest BCUT2D eigenvalue weighted by Crippen LogP contribution is 2.36. The van der Waals surface area contributed by atoms with Gasteiger partial charge in [-0.1, -0.05) is 6.92 Å². The molecule has 1 aliphatic rings. The molecule has 0 bridgehead atoms. The first kappa shape index (κ1) is 20.4. The second-order valence-corrected chi connectivity index (χ2v) is 7.82. The van der Waals surface area contributed by atoms with Gasteiger partial charge in [0, 0.05) is 23.8 Å². The van der Waals surface area contributed by atoms with Crippen molar-refractivity contribution in [1.82, 2.24) is 9.78 Å². The number of rotatable bonds is 5. The minimum atomic E-state index is -0.658. The fourth-order valence-corrected chi connectivity index (χ4v) is 2.99. The zero-order chi connectivity index (χ0) is 20.7. The molecule has 1 saturated heterocycles. The molecule has 28 heavy (non-hydrogen) atoms. The van der Waals surface area contributed by atoms with E-state index in [0.29, 0.717) is 34.8 Å². The Hall–Kier alpha value is -2.32. The van der Waals surface area contributed by atoms with Crippen molar-refractivity contribution in [2.75, 3.05) is 14.2 Å². The summed E-state index contributed by atoms with van der Waals surface area (Å²) in [6, 6.07) is 6.99. The van der Waals surface area contributed by atoms with E-state index in [-0.39, 0.29) is 5.56 Å². The third-order valence-corrected chi connectivity index (χ3v) is 5.46. The summed E-state index contributed by atoms with van der Waals surface area (Å²) in [6.07, 6.45) is 0.564. The minimum Gasteiger partial charge on any atom is -0.497 e. The van der Waals surface area contributed by atoms with Crippen molar-refractivity contribution in [1.29, 1.82) is 0 Å². The summed E-state index contributed by atoms with van der Waals surface area (Å²) in [4.78, 5) is 13.0. The van der Waals surface area contributed by atoms with Gasteiger partial charge in [0.15, 0.2) is 0 Å². The average molecular weight is 386 g/mol. The highest BCUT2D eigenvalue weighted by atomic mass is 16.7. The number of benzene rings is 1. The van der Waals surface area contributed by atoms with Crippen LogP contribution in [0.2, 0.25) is 0 Å². The van der Waals surface area contributed by atoms with Crippen LogP contribution in [0.1, 0.15) is 40.2 Å². The predicted octanol–water partition coefficient (Wildman–Crippen LogP) is 2.11. The van der Waals surface area contributed by atoms with Gasteiger partial charge in [0.25, 0.3) is 5.56 Å². The van der Waals surface area contributed by atoms with E-state index < -0.39 is 18.3 Å². The molecule has 8 heteroatoms. The first-order valence-electron chi connectivity index (χ1n) is 9.34. The monoisotopic (exact) mass is 386 g/mol. The fraction of sp³-hybridized carbons (Fsp3) is 0.500. The molecule has 1 aromatic heterocycles. The van der Waals surface area contributed by atoms with Crippen molar-refractivity contribution in [3.8, 4) is 17.2 Å². The molecule has 0 unspecified atom stereocenters. The van der Waals surface area contributed by atoms with Crippen LogP contribution in [0.3, 0.4) is 0 Å². The van der Waals surface area contributed by atoms with Crippen LogP contribution in [0.25, 0.3) is 5.69 Å². The molecule has 1 aliphatic heterocycles. The maximum Gasteiger partial charge on any atom is 0.516 e. The Morgan fingerprint density at radius 1 is 1.00 bits per heavy atom. The Morgan fingerprint density at radius 3 is 2.00 bits per heavy atom. The molecule has 0 amide bonds. The van der Waals surface area contributed by atoms with Gasteiger partial charge < -0.3 is 18.8 Å². The quantitative estimate of drug-likeness (QED) is 0.733. The smallest absolute Gasteiger partial charge is 0.497 e. The summed E-state index contributed by atoms with van der Waals surface area (Å²) < 4.78 is 24.2. The number of ether oxygens (including phenoxy) is 2. The second-order valence-electron chi connectivity index (χ2n) is 7.82. The lowest BCUT2D eigenvalue weighted by molar-refractivity contribution is 0.00578. The molecule has 0 radical (unpaired) electrons. The van der Waals surface area contributed by atoms with Crippen LogP contribution < -0.4 is 20.6 Å². The zero-order valence-electron chi connectivity index (χ0n) is 17.5. The molecule has 0 atom stereocenters. The van der Waals surface area contributed by atoms with Gasteiger partial charge in [-0.2, -0.15) is 9.78 Å². The maximum absolute atomic E-state index is 13.0. The lowest BCUT2D eigenvalue weighted by Crippen LogP contribution is -2.42. The zero-order valence-corrected chi connectivity index (χ0v) is 17.5. The average Bonchev–Trinajstić information content (AvgIpc) is 2.88. The van der Waals surface area contributed by atoms with E-state index in [1.54, 1.807) is 38.5 Å². The van der Waals surface area contributed by atoms with Crippen LogP contribution in [0.5, 0.6) is 11.5 Å². The lowest BCUT2D eigenvalue weighted by atomic mass is 9.83. The topological polar surface area (TPSA) is 71.8 Å². The van der Waals surface area contributed by atoms with Crippen molar-refractivity contribution in [3.05, 3.63) is 40.2 Å². The van der Waals surface area contributed by atoms with Gasteiger partial charge in [0.05, 0.1) is 36.7 Å². The molecule has 0 aliphatic carbocycles. The van der Waals surface area contributed by atoms with Gasteiger partial charge in [-0.25, -0.2) is 0 Å².